The Balaban J connectivity index is 2.68. The molecule has 0 atom stereocenters. The van der Waals surface area contributed by atoms with Gasteiger partial charge in [-0.2, -0.15) is 0 Å². The average molecular weight is 193 g/mol. The van der Waals surface area contributed by atoms with E-state index in [1.54, 1.807) is 0 Å². The topological polar surface area (TPSA) is 69.6 Å². The molecule has 0 unspecified atom stereocenters. The maximum Gasteiger partial charge on any atom is 0.243 e. The van der Waals surface area contributed by atoms with E-state index in [2.05, 4.69) is 11.9 Å². The number of benzene rings is 1. The third-order valence-corrected chi connectivity index (χ3v) is 1.71. The number of phenols is 2. The number of phenolic OH excluding ortho intramolecular Hbond substituents is 2. The number of aromatic hydroxyl groups is 2. The lowest BCUT2D eigenvalue weighted by Crippen LogP contribution is -2.19. The van der Waals surface area contributed by atoms with Crippen LogP contribution in [0.5, 0.6) is 11.5 Å². The van der Waals surface area contributed by atoms with Gasteiger partial charge in [-0.15, -0.1) is 0 Å². The SMILES string of the molecule is C=CC(=O)NCc1ccc(O)cc1O. The second-order valence-corrected chi connectivity index (χ2v) is 2.73. The Morgan fingerprint density at radius 1 is 1.50 bits per heavy atom. The largest absolute Gasteiger partial charge is 0.508 e. The minimum absolute atomic E-state index is 0.0127. The van der Waals surface area contributed by atoms with Crippen molar-refractivity contribution in [3.05, 3.63) is 36.4 Å². The van der Waals surface area contributed by atoms with E-state index in [1.165, 1.54) is 18.2 Å². The van der Waals surface area contributed by atoms with Crippen LogP contribution in [0.2, 0.25) is 0 Å². The summed E-state index contributed by atoms with van der Waals surface area (Å²) >= 11 is 0. The van der Waals surface area contributed by atoms with Gasteiger partial charge in [0, 0.05) is 18.2 Å². The molecule has 1 amide bonds. The maximum absolute atomic E-state index is 10.8. The number of amides is 1. The molecule has 0 spiro atoms. The molecule has 0 saturated heterocycles. The van der Waals surface area contributed by atoms with Crippen molar-refractivity contribution < 1.29 is 15.0 Å². The molecular weight excluding hydrogens is 182 g/mol. The van der Waals surface area contributed by atoms with Crippen LogP contribution in [0.25, 0.3) is 0 Å². The number of carbonyl (C=O) groups excluding carboxylic acids is 1. The summed E-state index contributed by atoms with van der Waals surface area (Å²) in [4.78, 5) is 10.8. The van der Waals surface area contributed by atoms with E-state index in [1.807, 2.05) is 0 Å². The third kappa shape index (κ3) is 2.52. The van der Waals surface area contributed by atoms with Crippen LogP contribution in [0.4, 0.5) is 0 Å². The lowest BCUT2D eigenvalue weighted by molar-refractivity contribution is -0.116. The Hall–Kier alpha value is -1.97. The molecule has 3 N–H and O–H groups in total. The molecule has 1 aromatic carbocycles. The molecule has 0 aliphatic rings. The molecule has 0 aliphatic heterocycles. The van der Waals surface area contributed by atoms with Crippen molar-refractivity contribution >= 4 is 5.91 Å². The van der Waals surface area contributed by atoms with Crippen molar-refractivity contribution in [3.63, 3.8) is 0 Å². The van der Waals surface area contributed by atoms with Gasteiger partial charge in [0.05, 0.1) is 0 Å². The lowest BCUT2D eigenvalue weighted by atomic mass is 10.2. The predicted octanol–water partition coefficient (Wildman–Crippen LogP) is 0.900. The number of carbonyl (C=O) groups is 1. The zero-order valence-corrected chi connectivity index (χ0v) is 7.53. The molecule has 14 heavy (non-hydrogen) atoms. The monoisotopic (exact) mass is 193 g/mol. The quantitative estimate of drug-likeness (QED) is 0.624. The van der Waals surface area contributed by atoms with Crippen molar-refractivity contribution in [2.45, 2.75) is 6.54 Å². The van der Waals surface area contributed by atoms with Crippen LogP contribution in [0.3, 0.4) is 0 Å². The molecule has 74 valence electrons. The van der Waals surface area contributed by atoms with Gasteiger partial charge in [0.1, 0.15) is 11.5 Å². The second kappa shape index (κ2) is 4.32. The predicted molar refractivity (Wildman–Crippen MR) is 51.8 cm³/mol. The van der Waals surface area contributed by atoms with E-state index in [-0.39, 0.29) is 24.0 Å². The summed E-state index contributed by atoms with van der Waals surface area (Å²) in [5, 5.41) is 20.8. The van der Waals surface area contributed by atoms with Crippen molar-refractivity contribution in [3.8, 4) is 11.5 Å². The van der Waals surface area contributed by atoms with E-state index in [0.29, 0.717) is 5.56 Å². The molecule has 4 nitrogen and oxygen atoms in total. The highest BCUT2D eigenvalue weighted by Crippen LogP contribution is 2.21. The minimum atomic E-state index is -0.308. The van der Waals surface area contributed by atoms with Gasteiger partial charge >= 0.3 is 0 Å². The van der Waals surface area contributed by atoms with Gasteiger partial charge < -0.3 is 15.5 Å². The number of rotatable bonds is 3. The van der Waals surface area contributed by atoms with Crippen LogP contribution in [-0.2, 0) is 11.3 Å². The zero-order valence-electron chi connectivity index (χ0n) is 7.53. The summed E-state index contributed by atoms with van der Waals surface area (Å²) in [6.45, 7) is 3.50. The molecule has 0 aliphatic carbocycles. The molecule has 0 radical (unpaired) electrons. The van der Waals surface area contributed by atoms with Crippen molar-refractivity contribution in [2.75, 3.05) is 0 Å². The van der Waals surface area contributed by atoms with Crippen LogP contribution in [0.15, 0.2) is 30.9 Å². The minimum Gasteiger partial charge on any atom is -0.508 e. The molecule has 0 fully saturated rings. The molecule has 0 aromatic heterocycles. The fourth-order valence-electron chi connectivity index (χ4n) is 0.956. The Kier molecular flexibility index (Phi) is 3.12. The zero-order chi connectivity index (χ0) is 10.6. The highest BCUT2D eigenvalue weighted by Gasteiger charge is 2.02. The summed E-state index contributed by atoms with van der Waals surface area (Å²) in [6.07, 6.45) is 1.15. The first-order valence-corrected chi connectivity index (χ1v) is 4.04. The Bertz CT molecular complexity index is 360. The van der Waals surface area contributed by atoms with E-state index in [0.717, 1.165) is 6.08 Å². The first kappa shape index (κ1) is 10.1. The molecule has 0 heterocycles. The van der Waals surface area contributed by atoms with Gasteiger partial charge in [-0.05, 0) is 18.2 Å². The van der Waals surface area contributed by atoms with E-state index in [4.69, 9.17) is 5.11 Å². The van der Waals surface area contributed by atoms with Crippen LogP contribution < -0.4 is 5.32 Å². The lowest BCUT2D eigenvalue weighted by Gasteiger charge is -2.05. The maximum atomic E-state index is 10.8. The molecule has 1 aromatic rings. The average Bonchev–Trinajstić information content (AvgIpc) is 2.16. The summed E-state index contributed by atoms with van der Waals surface area (Å²) in [7, 11) is 0. The third-order valence-electron chi connectivity index (χ3n) is 1.71. The van der Waals surface area contributed by atoms with Gasteiger partial charge in [-0.3, -0.25) is 4.79 Å². The number of hydrogen-bond donors (Lipinski definition) is 3. The van der Waals surface area contributed by atoms with Crippen LogP contribution in [-0.4, -0.2) is 16.1 Å². The smallest absolute Gasteiger partial charge is 0.243 e. The Morgan fingerprint density at radius 3 is 2.79 bits per heavy atom. The first-order valence-electron chi connectivity index (χ1n) is 4.04. The molecule has 0 bridgehead atoms. The van der Waals surface area contributed by atoms with Gasteiger partial charge in [0.25, 0.3) is 0 Å². The van der Waals surface area contributed by atoms with Gasteiger partial charge in [0.2, 0.25) is 5.91 Å². The highest BCUT2D eigenvalue weighted by atomic mass is 16.3. The van der Waals surface area contributed by atoms with Crippen LogP contribution >= 0.6 is 0 Å². The van der Waals surface area contributed by atoms with E-state index < -0.39 is 0 Å². The fourth-order valence-corrected chi connectivity index (χ4v) is 0.956. The molecule has 0 saturated carbocycles. The van der Waals surface area contributed by atoms with Gasteiger partial charge in [0.15, 0.2) is 0 Å². The summed E-state index contributed by atoms with van der Waals surface area (Å²) in [6, 6.07) is 4.19. The van der Waals surface area contributed by atoms with Crippen LogP contribution in [0.1, 0.15) is 5.56 Å². The second-order valence-electron chi connectivity index (χ2n) is 2.73. The molecule has 4 heteroatoms. The van der Waals surface area contributed by atoms with Gasteiger partial charge in [-0.25, -0.2) is 0 Å². The normalized spacial score (nSPS) is 9.43. The fraction of sp³-hybridized carbons (Fsp3) is 0.100. The van der Waals surface area contributed by atoms with Gasteiger partial charge in [-0.1, -0.05) is 6.58 Å². The summed E-state index contributed by atoms with van der Waals surface area (Å²) in [5.74, 6) is -0.367. The molecular formula is C10H11NO3. The summed E-state index contributed by atoms with van der Waals surface area (Å²) in [5.41, 5.74) is 0.540. The Labute approximate surface area is 81.5 Å². The standard InChI is InChI=1S/C10H11NO3/c1-2-10(14)11-6-7-3-4-8(12)5-9(7)13/h2-5,12-13H,1,6H2,(H,11,14). The van der Waals surface area contributed by atoms with Crippen molar-refractivity contribution in [2.24, 2.45) is 0 Å². The van der Waals surface area contributed by atoms with E-state index in [9.17, 15) is 9.90 Å². The van der Waals surface area contributed by atoms with E-state index >= 15 is 0 Å². The first-order chi connectivity index (χ1) is 6.63. The highest BCUT2D eigenvalue weighted by molar-refractivity contribution is 5.86. The van der Waals surface area contributed by atoms with Crippen molar-refractivity contribution in [1.29, 1.82) is 0 Å². The Morgan fingerprint density at radius 2 is 2.21 bits per heavy atom. The number of nitrogens with one attached hydrogen (secondary N) is 1. The number of hydrogen-bond acceptors (Lipinski definition) is 3. The molecule has 1 rings (SSSR count). The van der Waals surface area contributed by atoms with Crippen LogP contribution in [0, 0.1) is 0 Å². The van der Waals surface area contributed by atoms with Crippen molar-refractivity contribution in [1.82, 2.24) is 5.32 Å². The summed E-state index contributed by atoms with van der Waals surface area (Å²) < 4.78 is 0.